The fourth-order valence-corrected chi connectivity index (χ4v) is 2.43. The van der Waals surface area contributed by atoms with Gasteiger partial charge in [0.1, 0.15) is 0 Å². The molecule has 0 amide bonds. The average Bonchev–Trinajstić information content (AvgIpc) is 2.27. The summed E-state index contributed by atoms with van der Waals surface area (Å²) in [7, 11) is 0. The van der Waals surface area contributed by atoms with Gasteiger partial charge in [-0.15, -0.1) is 0 Å². The Kier molecular flexibility index (Phi) is 3.61. The number of hydrogen-bond donors (Lipinski definition) is 1. The van der Waals surface area contributed by atoms with Gasteiger partial charge in [0.2, 0.25) is 0 Å². The lowest BCUT2D eigenvalue weighted by Crippen LogP contribution is -2.33. The second-order valence-corrected chi connectivity index (χ2v) is 4.53. The van der Waals surface area contributed by atoms with E-state index in [-0.39, 0.29) is 11.1 Å². The summed E-state index contributed by atoms with van der Waals surface area (Å²) in [6.07, 6.45) is -0.111. The molecule has 0 aliphatic carbocycles. The number of nitrogens with one attached hydrogen (secondary N) is 1. The van der Waals surface area contributed by atoms with Gasteiger partial charge in [0.25, 0.3) is 0 Å². The zero-order chi connectivity index (χ0) is 10.8. The van der Waals surface area contributed by atoms with E-state index in [0.29, 0.717) is 17.6 Å². The van der Waals surface area contributed by atoms with Gasteiger partial charge in [0.05, 0.1) is 22.2 Å². The van der Waals surface area contributed by atoms with Crippen LogP contribution in [0.4, 0.5) is 4.39 Å². The summed E-state index contributed by atoms with van der Waals surface area (Å²) in [6, 6.07) is 3.34. The molecule has 1 heterocycles. The van der Waals surface area contributed by atoms with Crippen LogP contribution in [0.15, 0.2) is 16.6 Å². The van der Waals surface area contributed by atoms with Crippen LogP contribution in [0.25, 0.3) is 0 Å². The van der Waals surface area contributed by atoms with E-state index in [1.54, 1.807) is 12.1 Å². The van der Waals surface area contributed by atoms with Crippen molar-refractivity contribution in [1.29, 1.82) is 0 Å². The van der Waals surface area contributed by atoms with E-state index in [1.807, 2.05) is 0 Å². The molecule has 0 bridgehead atoms. The number of morpholine rings is 1. The van der Waals surface area contributed by atoms with E-state index in [0.717, 1.165) is 12.1 Å². The van der Waals surface area contributed by atoms with Gasteiger partial charge >= 0.3 is 0 Å². The Bertz CT molecular complexity index is 369. The molecule has 5 heteroatoms. The third kappa shape index (κ3) is 2.33. The monoisotopic (exact) mass is 293 g/mol. The van der Waals surface area contributed by atoms with Crippen LogP contribution in [0, 0.1) is 5.82 Å². The third-order valence-corrected chi connectivity index (χ3v) is 3.44. The molecule has 1 aromatic rings. The highest BCUT2D eigenvalue weighted by Gasteiger charge is 2.20. The van der Waals surface area contributed by atoms with Crippen LogP contribution in [0.1, 0.15) is 11.7 Å². The normalized spacial score (nSPS) is 21.7. The Morgan fingerprint density at radius 2 is 2.33 bits per heavy atom. The number of halogens is 3. The molecule has 1 atom stereocenters. The van der Waals surface area contributed by atoms with Gasteiger partial charge in [0.15, 0.2) is 5.82 Å². The summed E-state index contributed by atoms with van der Waals surface area (Å²) < 4.78 is 19.4. The zero-order valence-corrected chi connectivity index (χ0v) is 10.2. The first-order valence-electron chi connectivity index (χ1n) is 4.66. The molecular formula is C10H10BrClFNO. The van der Waals surface area contributed by atoms with Crippen molar-refractivity contribution in [3.05, 3.63) is 33.0 Å². The van der Waals surface area contributed by atoms with Crippen molar-refractivity contribution in [3.8, 4) is 0 Å². The van der Waals surface area contributed by atoms with Gasteiger partial charge in [-0.05, 0) is 27.6 Å². The maximum atomic E-state index is 13.5. The molecule has 2 rings (SSSR count). The molecule has 1 aromatic carbocycles. The van der Waals surface area contributed by atoms with Crippen LogP contribution in [-0.4, -0.2) is 19.7 Å². The Balaban J connectivity index is 2.31. The van der Waals surface area contributed by atoms with E-state index in [2.05, 4.69) is 21.2 Å². The highest BCUT2D eigenvalue weighted by molar-refractivity contribution is 9.10. The molecule has 1 fully saturated rings. The zero-order valence-electron chi connectivity index (χ0n) is 7.90. The van der Waals surface area contributed by atoms with Crippen LogP contribution in [0.3, 0.4) is 0 Å². The quantitative estimate of drug-likeness (QED) is 0.804. The summed E-state index contributed by atoms with van der Waals surface area (Å²) in [5.74, 6) is -0.427. The molecule has 0 radical (unpaired) electrons. The molecule has 1 aliphatic heterocycles. The minimum Gasteiger partial charge on any atom is -0.371 e. The second-order valence-electron chi connectivity index (χ2n) is 3.33. The number of hydrogen-bond acceptors (Lipinski definition) is 2. The Hall–Kier alpha value is -0.160. The summed E-state index contributed by atoms with van der Waals surface area (Å²) in [6.45, 7) is 2.17. The van der Waals surface area contributed by atoms with Gasteiger partial charge in [-0.3, -0.25) is 0 Å². The molecule has 0 spiro atoms. The maximum absolute atomic E-state index is 13.5. The van der Waals surface area contributed by atoms with Crippen molar-refractivity contribution in [3.63, 3.8) is 0 Å². The second kappa shape index (κ2) is 4.78. The number of benzene rings is 1. The van der Waals surface area contributed by atoms with Crippen LogP contribution in [-0.2, 0) is 4.74 Å². The predicted molar refractivity (Wildman–Crippen MR) is 60.7 cm³/mol. The molecule has 15 heavy (non-hydrogen) atoms. The summed E-state index contributed by atoms with van der Waals surface area (Å²) in [5, 5.41) is 3.31. The molecule has 1 N–H and O–H groups in total. The standard InChI is InChI=1S/C10H10BrClFNO/c11-9-6(1-2-7(12)10(9)13)8-5-14-3-4-15-8/h1-2,8,14H,3-5H2. The average molecular weight is 295 g/mol. The SMILES string of the molecule is Fc1c(Cl)ccc(C2CNCCO2)c1Br. The third-order valence-electron chi connectivity index (χ3n) is 2.34. The molecular weight excluding hydrogens is 284 g/mol. The molecule has 0 saturated carbocycles. The molecule has 1 unspecified atom stereocenters. The highest BCUT2D eigenvalue weighted by atomic mass is 79.9. The van der Waals surface area contributed by atoms with Crippen LogP contribution < -0.4 is 5.32 Å². The first-order valence-corrected chi connectivity index (χ1v) is 5.83. The van der Waals surface area contributed by atoms with Gasteiger partial charge in [-0.25, -0.2) is 4.39 Å². The van der Waals surface area contributed by atoms with E-state index in [4.69, 9.17) is 16.3 Å². The van der Waals surface area contributed by atoms with Crippen molar-refractivity contribution in [2.75, 3.05) is 19.7 Å². The fraction of sp³-hybridized carbons (Fsp3) is 0.400. The van der Waals surface area contributed by atoms with E-state index >= 15 is 0 Å². The Morgan fingerprint density at radius 1 is 1.53 bits per heavy atom. The van der Waals surface area contributed by atoms with Gasteiger partial charge < -0.3 is 10.1 Å². The fourth-order valence-electron chi connectivity index (χ4n) is 1.55. The smallest absolute Gasteiger partial charge is 0.156 e. The lowest BCUT2D eigenvalue weighted by atomic mass is 10.1. The van der Waals surface area contributed by atoms with E-state index < -0.39 is 5.82 Å². The first kappa shape index (κ1) is 11.3. The van der Waals surface area contributed by atoms with Gasteiger partial charge in [0, 0.05) is 13.1 Å². The van der Waals surface area contributed by atoms with Crippen molar-refractivity contribution < 1.29 is 9.13 Å². The molecule has 2 nitrogen and oxygen atoms in total. The minimum atomic E-state index is -0.427. The molecule has 1 aliphatic rings. The largest absolute Gasteiger partial charge is 0.371 e. The lowest BCUT2D eigenvalue weighted by Gasteiger charge is -2.25. The van der Waals surface area contributed by atoms with Crippen molar-refractivity contribution in [1.82, 2.24) is 5.32 Å². The topological polar surface area (TPSA) is 21.3 Å². The number of ether oxygens (including phenoxy) is 1. The predicted octanol–water partition coefficient (Wildman–Crippen LogP) is 2.90. The van der Waals surface area contributed by atoms with Crippen molar-refractivity contribution in [2.24, 2.45) is 0 Å². The number of rotatable bonds is 1. The van der Waals surface area contributed by atoms with Crippen LogP contribution in [0.2, 0.25) is 5.02 Å². The first-order chi connectivity index (χ1) is 7.20. The van der Waals surface area contributed by atoms with Crippen LogP contribution >= 0.6 is 27.5 Å². The van der Waals surface area contributed by atoms with E-state index in [9.17, 15) is 4.39 Å². The minimum absolute atomic E-state index is 0.111. The lowest BCUT2D eigenvalue weighted by molar-refractivity contribution is 0.0270. The summed E-state index contributed by atoms with van der Waals surface area (Å²) >= 11 is 8.86. The molecule has 82 valence electrons. The Labute approximate surface area is 101 Å². The van der Waals surface area contributed by atoms with Crippen molar-refractivity contribution in [2.45, 2.75) is 6.10 Å². The molecule has 1 saturated heterocycles. The summed E-state index contributed by atoms with van der Waals surface area (Å²) in [4.78, 5) is 0. The van der Waals surface area contributed by atoms with Crippen molar-refractivity contribution >= 4 is 27.5 Å². The molecule has 0 aromatic heterocycles. The van der Waals surface area contributed by atoms with E-state index in [1.165, 1.54) is 0 Å². The highest BCUT2D eigenvalue weighted by Crippen LogP contribution is 2.32. The summed E-state index contributed by atoms with van der Waals surface area (Å²) in [5.41, 5.74) is 0.795. The Morgan fingerprint density at radius 3 is 3.00 bits per heavy atom. The van der Waals surface area contributed by atoms with Gasteiger partial charge in [-0.2, -0.15) is 0 Å². The van der Waals surface area contributed by atoms with Crippen LogP contribution in [0.5, 0.6) is 0 Å². The maximum Gasteiger partial charge on any atom is 0.156 e. The van der Waals surface area contributed by atoms with Gasteiger partial charge in [-0.1, -0.05) is 17.7 Å².